The normalized spacial score (nSPS) is 10.1. The van der Waals surface area contributed by atoms with Gasteiger partial charge in [-0.05, 0) is 19.1 Å². The molecule has 0 aliphatic heterocycles. The molecule has 0 saturated heterocycles. The van der Waals surface area contributed by atoms with Gasteiger partial charge in [-0.3, -0.25) is 9.78 Å². The Morgan fingerprint density at radius 1 is 1.44 bits per heavy atom. The van der Waals surface area contributed by atoms with Gasteiger partial charge in [-0.1, -0.05) is 5.16 Å². The van der Waals surface area contributed by atoms with Crippen LogP contribution in [0, 0.1) is 6.92 Å². The number of aryl methyl sites for hydroxylation is 1. The van der Waals surface area contributed by atoms with Gasteiger partial charge in [0.2, 0.25) is 5.89 Å². The van der Waals surface area contributed by atoms with Crippen molar-refractivity contribution < 1.29 is 9.32 Å². The lowest BCUT2D eigenvalue weighted by atomic mass is 10.2. The molecule has 2 rings (SSSR count). The number of amides is 1. The second-order valence-corrected chi connectivity index (χ2v) is 3.15. The van der Waals surface area contributed by atoms with Gasteiger partial charge in [0.1, 0.15) is 0 Å². The van der Waals surface area contributed by atoms with E-state index in [-0.39, 0.29) is 12.5 Å². The Balaban J connectivity index is 1.94. The van der Waals surface area contributed by atoms with Crippen molar-refractivity contribution in [2.24, 2.45) is 0 Å². The summed E-state index contributed by atoms with van der Waals surface area (Å²) in [6.07, 6.45) is 3.12. The summed E-state index contributed by atoms with van der Waals surface area (Å²) in [7, 11) is 0. The molecule has 6 nitrogen and oxygen atoms in total. The molecule has 6 heteroatoms. The van der Waals surface area contributed by atoms with E-state index in [1.54, 1.807) is 31.5 Å². The molecule has 0 aliphatic carbocycles. The number of hydrogen-bond donors (Lipinski definition) is 1. The SMILES string of the molecule is Cc1noc(CNC(=O)c2ccncc2)n1. The monoisotopic (exact) mass is 218 g/mol. The molecule has 1 amide bonds. The van der Waals surface area contributed by atoms with E-state index in [9.17, 15) is 4.79 Å². The zero-order valence-electron chi connectivity index (χ0n) is 8.67. The Bertz CT molecular complexity index is 481. The first-order chi connectivity index (χ1) is 7.75. The molecule has 0 aromatic carbocycles. The third-order valence-corrected chi connectivity index (χ3v) is 1.91. The van der Waals surface area contributed by atoms with Crippen LogP contribution in [0.3, 0.4) is 0 Å². The molecule has 0 atom stereocenters. The van der Waals surface area contributed by atoms with Gasteiger partial charge in [0.25, 0.3) is 5.91 Å². The molecular weight excluding hydrogens is 208 g/mol. The number of carbonyl (C=O) groups excluding carboxylic acids is 1. The second-order valence-electron chi connectivity index (χ2n) is 3.15. The fourth-order valence-corrected chi connectivity index (χ4v) is 1.17. The summed E-state index contributed by atoms with van der Waals surface area (Å²) in [6, 6.07) is 3.27. The minimum absolute atomic E-state index is 0.196. The lowest BCUT2D eigenvalue weighted by molar-refractivity contribution is 0.0946. The van der Waals surface area contributed by atoms with Gasteiger partial charge in [0.15, 0.2) is 5.82 Å². The third kappa shape index (κ3) is 2.41. The Hall–Kier alpha value is -2.24. The highest BCUT2D eigenvalue weighted by molar-refractivity contribution is 5.93. The minimum Gasteiger partial charge on any atom is -0.343 e. The van der Waals surface area contributed by atoms with E-state index < -0.39 is 0 Å². The van der Waals surface area contributed by atoms with Crippen LogP contribution in [0.2, 0.25) is 0 Å². The number of nitrogens with one attached hydrogen (secondary N) is 1. The molecule has 1 N–H and O–H groups in total. The van der Waals surface area contributed by atoms with E-state index in [1.165, 1.54) is 0 Å². The molecule has 0 unspecified atom stereocenters. The molecule has 0 spiro atoms. The largest absolute Gasteiger partial charge is 0.343 e. The molecule has 0 bridgehead atoms. The number of rotatable bonds is 3. The number of nitrogens with zero attached hydrogens (tertiary/aromatic N) is 3. The molecule has 2 heterocycles. The van der Waals surface area contributed by atoms with E-state index in [4.69, 9.17) is 4.52 Å². The van der Waals surface area contributed by atoms with Crippen molar-refractivity contribution in [3.8, 4) is 0 Å². The van der Waals surface area contributed by atoms with Crippen molar-refractivity contribution in [1.29, 1.82) is 0 Å². The summed E-state index contributed by atoms with van der Waals surface area (Å²) < 4.78 is 4.86. The average Bonchev–Trinajstić information content (AvgIpc) is 2.73. The summed E-state index contributed by atoms with van der Waals surface area (Å²) >= 11 is 0. The van der Waals surface area contributed by atoms with Crippen LogP contribution in [0.1, 0.15) is 22.1 Å². The summed E-state index contributed by atoms with van der Waals surface area (Å²) in [5.74, 6) is 0.742. The zero-order valence-corrected chi connectivity index (χ0v) is 8.67. The summed E-state index contributed by atoms with van der Waals surface area (Å²) in [4.78, 5) is 19.4. The Kier molecular flexibility index (Phi) is 2.90. The van der Waals surface area contributed by atoms with Crippen molar-refractivity contribution in [2.75, 3.05) is 0 Å². The van der Waals surface area contributed by atoms with Crippen molar-refractivity contribution in [2.45, 2.75) is 13.5 Å². The van der Waals surface area contributed by atoms with Gasteiger partial charge < -0.3 is 9.84 Å². The Labute approximate surface area is 91.7 Å². The van der Waals surface area contributed by atoms with Gasteiger partial charge in [-0.25, -0.2) is 0 Å². The standard InChI is InChI=1S/C10H10N4O2/c1-7-13-9(16-14-7)6-12-10(15)8-2-4-11-5-3-8/h2-5H,6H2,1H3,(H,12,15). The van der Waals surface area contributed by atoms with E-state index >= 15 is 0 Å². The van der Waals surface area contributed by atoms with Crippen molar-refractivity contribution in [3.63, 3.8) is 0 Å². The van der Waals surface area contributed by atoms with Gasteiger partial charge in [0.05, 0.1) is 6.54 Å². The minimum atomic E-state index is -0.196. The highest BCUT2D eigenvalue weighted by atomic mass is 16.5. The van der Waals surface area contributed by atoms with Crippen molar-refractivity contribution in [1.82, 2.24) is 20.4 Å². The van der Waals surface area contributed by atoms with Crippen LogP contribution in [-0.2, 0) is 6.54 Å². The topological polar surface area (TPSA) is 80.9 Å². The fourth-order valence-electron chi connectivity index (χ4n) is 1.17. The molecule has 0 fully saturated rings. The van der Waals surface area contributed by atoms with E-state index in [2.05, 4.69) is 20.4 Å². The molecule has 0 saturated carbocycles. The lowest BCUT2D eigenvalue weighted by Crippen LogP contribution is -2.22. The number of pyridine rings is 1. The smallest absolute Gasteiger partial charge is 0.251 e. The van der Waals surface area contributed by atoms with Gasteiger partial charge >= 0.3 is 0 Å². The molecule has 82 valence electrons. The predicted octanol–water partition coefficient (Wildman–Crippen LogP) is 0.703. The Morgan fingerprint density at radius 2 is 2.19 bits per heavy atom. The van der Waals surface area contributed by atoms with E-state index in [0.717, 1.165) is 0 Å². The first-order valence-electron chi connectivity index (χ1n) is 4.73. The van der Waals surface area contributed by atoms with Crippen LogP contribution in [0.4, 0.5) is 0 Å². The van der Waals surface area contributed by atoms with Crippen LogP contribution < -0.4 is 5.32 Å². The Morgan fingerprint density at radius 3 is 2.81 bits per heavy atom. The molecule has 16 heavy (non-hydrogen) atoms. The number of hydrogen-bond acceptors (Lipinski definition) is 5. The highest BCUT2D eigenvalue weighted by Crippen LogP contribution is 1.98. The summed E-state index contributed by atoms with van der Waals surface area (Å²) in [5, 5.41) is 6.29. The second kappa shape index (κ2) is 4.52. The summed E-state index contributed by atoms with van der Waals surface area (Å²) in [6.45, 7) is 1.94. The zero-order chi connectivity index (χ0) is 11.4. The van der Waals surface area contributed by atoms with Crippen molar-refractivity contribution in [3.05, 3.63) is 41.8 Å². The van der Waals surface area contributed by atoms with Crippen LogP contribution in [0.25, 0.3) is 0 Å². The third-order valence-electron chi connectivity index (χ3n) is 1.91. The average molecular weight is 218 g/mol. The number of carbonyl (C=O) groups is 1. The van der Waals surface area contributed by atoms with Crippen LogP contribution in [0.15, 0.2) is 29.0 Å². The van der Waals surface area contributed by atoms with Crippen LogP contribution in [-0.4, -0.2) is 21.0 Å². The first-order valence-corrected chi connectivity index (χ1v) is 4.73. The lowest BCUT2D eigenvalue weighted by Gasteiger charge is -2.00. The van der Waals surface area contributed by atoms with Crippen LogP contribution in [0.5, 0.6) is 0 Å². The van der Waals surface area contributed by atoms with Crippen molar-refractivity contribution >= 4 is 5.91 Å². The summed E-state index contributed by atoms with van der Waals surface area (Å²) in [5.41, 5.74) is 0.547. The highest BCUT2D eigenvalue weighted by Gasteiger charge is 2.07. The molecule has 0 radical (unpaired) electrons. The number of aromatic nitrogens is 3. The van der Waals surface area contributed by atoms with Gasteiger partial charge in [0, 0.05) is 18.0 Å². The first kappa shape index (κ1) is 10.3. The molecule has 0 aliphatic rings. The maximum absolute atomic E-state index is 11.6. The fraction of sp³-hybridized carbons (Fsp3) is 0.200. The van der Waals surface area contributed by atoms with Crippen LogP contribution >= 0.6 is 0 Å². The molecule has 2 aromatic heterocycles. The predicted molar refractivity (Wildman–Crippen MR) is 54.4 cm³/mol. The van der Waals surface area contributed by atoms with E-state index in [1.807, 2.05) is 0 Å². The quantitative estimate of drug-likeness (QED) is 0.820. The van der Waals surface area contributed by atoms with Gasteiger partial charge in [-0.15, -0.1) is 0 Å². The van der Waals surface area contributed by atoms with Gasteiger partial charge in [-0.2, -0.15) is 4.98 Å². The molecular formula is C10H10N4O2. The maximum Gasteiger partial charge on any atom is 0.251 e. The van der Waals surface area contributed by atoms with E-state index in [0.29, 0.717) is 17.3 Å². The molecule has 2 aromatic rings. The maximum atomic E-state index is 11.6.